The fourth-order valence-electron chi connectivity index (χ4n) is 3.13. The molecule has 1 heterocycles. The van der Waals surface area contributed by atoms with E-state index in [1.54, 1.807) is 0 Å². The Morgan fingerprint density at radius 2 is 1.79 bits per heavy atom. The number of piperidine rings is 1. The van der Waals surface area contributed by atoms with E-state index in [1.807, 2.05) is 14.0 Å². The molecule has 19 heavy (non-hydrogen) atoms. The summed E-state index contributed by atoms with van der Waals surface area (Å²) >= 11 is 0. The Morgan fingerprint density at radius 3 is 2.16 bits per heavy atom. The van der Waals surface area contributed by atoms with Crippen LogP contribution in [0.5, 0.6) is 0 Å². The Labute approximate surface area is 119 Å². The summed E-state index contributed by atoms with van der Waals surface area (Å²) in [6, 6.07) is 2.86. The molecule has 1 N–H and O–H groups in total. The van der Waals surface area contributed by atoms with Crippen molar-refractivity contribution in [2.24, 2.45) is 11.3 Å². The van der Waals surface area contributed by atoms with Gasteiger partial charge in [-0.15, -0.1) is 0 Å². The highest BCUT2D eigenvalue weighted by Crippen LogP contribution is 2.35. The van der Waals surface area contributed by atoms with E-state index >= 15 is 0 Å². The lowest BCUT2D eigenvalue weighted by molar-refractivity contribution is 0.0789. The number of nitrogens with zero attached hydrogens (tertiary/aromatic N) is 2. The van der Waals surface area contributed by atoms with Crippen LogP contribution >= 0.6 is 0 Å². The Morgan fingerprint density at radius 1 is 1.26 bits per heavy atom. The molecule has 0 radical (unpaired) electrons. The smallest absolute Gasteiger partial charge is 0.105 e. The second kappa shape index (κ2) is 6.24. The van der Waals surface area contributed by atoms with E-state index in [0.717, 1.165) is 12.3 Å². The number of rotatable bonds is 4. The van der Waals surface area contributed by atoms with Crippen molar-refractivity contribution in [1.29, 1.82) is 5.26 Å². The topological polar surface area (TPSA) is 39.1 Å². The van der Waals surface area contributed by atoms with Crippen molar-refractivity contribution < 1.29 is 0 Å². The predicted octanol–water partition coefficient (Wildman–Crippen LogP) is 3.02. The van der Waals surface area contributed by atoms with Gasteiger partial charge < -0.3 is 10.2 Å². The van der Waals surface area contributed by atoms with E-state index in [0.29, 0.717) is 11.5 Å². The van der Waals surface area contributed by atoms with E-state index in [2.05, 4.69) is 44.0 Å². The van der Waals surface area contributed by atoms with Crippen LogP contribution in [0.15, 0.2) is 0 Å². The van der Waals surface area contributed by atoms with Crippen LogP contribution in [0.25, 0.3) is 0 Å². The van der Waals surface area contributed by atoms with Crippen LogP contribution in [-0.4, -0.2) is 36.6 Å². The number of nitrogens with one attached hydrogen (secondary N) is 1. The summed E-state index contributed by atoms with van der Waals surface area (Å²) in [5.41, 5.74) is 0.0295. The lowest BCUT2D eigenvalue weighted by Gasteiger charge is -2.42. The standard InChI is InChI=1S/C16H31N3/c1-13(11-16(5,12-17)18-6)19-9-7-14(8-10-19)15(2,3)4/h13-14,18H,7-11H2,1-6H3. The normalized spacial score (nSPS) is 23.6. The zero-order valence-corrected chi connectivity index (χ0v) is 13.6. The van der Waals surface area contributed by atoms with Crippen molar-refractivity contribution >= 4 is 0 Å². The maximum absolute atomic E-state index is 9.25. The SMILES string of the molecule is CNC(C)(C#N)CC(C)N1CCC(C(C)(C)C)CC1. The molecule has 1 aliphatic rings. The minimum Gasteiger partial charge on any atom is -0.303 e. The van der Waals surface area contributed by atoms with Gasteiger partial charge in [-0.2, -0.15) is 5.26 Å². The van der Waals surface area contributed by atoms with Crippen LogP contribution in [0.3, 0.4) is 0 Å². The molecule has 0 aromatic rings. The van der Waals surface area contributed by atoms with E-state index < -0.39 is 5.54 Å². The van der Waals surface area contributed by atoms with Crippen molar-refractivity contribution in [1.82, 2.24) is 10.2 Å². The Kier molecular flexibility index (Phi) is 5.41. The van der Waals surface area contributed by atoms with Crippen LogP contribution in [0.1, 0.15) is 53.9 Å². The summed E-state index contributed by atoms with van der Waals surface area (Å²) in [5, 5.41) is 12.4. The average molecular weight is 265 g/mol. The molecule has 0 bridgehead atoms. The van der Waals surface area contributed by atoms with Gasteiger partial charge in [0, 0.05) is 6.04 Å². The van der Waals surface area contributed by atoms with Crippen molar-refractivity contribution in [3.8, 4) is 6.07 Å². The largest absolute Gasteiger partial charge is 0.303 e. The molecule has 0 amide bonds. The maximum atomic E-state index is 9.25. The Hall–Kier alpha value is -0.590. The van der Waals surface area contributed by atoms with Crippen molar-refractivity contribution in [2.45, 2.75) is 65.5 Å². The lowest BCUT2D eigenvalue weighted by atomic mass is 9.75. The summed E-state index contributed by atoms with van der Waals surface area (Å²) in [4.78, 5) is 2.55. The summed E-state index contributed by atoms with van der Waals surface area (Å²) < 4.78 is 0. The van der Waals surface area contributed by atoms with Crippen molar-refractivity contribution in [3.05, 3.63) is 0 Å². The molecule has 1 fully saturated rings. The molecule has 0 aliphatic carbocycles. The molecular formula is C16H31N3. The Balaban J connectivity index is 2.50. The number of likely N-dealkylation sites (tertiary alicyclic amines) is 1. The zero-order chi connectivity index (χ0) is 14.7. The van der Waals surface area contributed by atoms with Gasteiger partial charge in [0.1, 0.15) is 5.54 Å². The fourth-order valence-corrected chi connectivity index (χ4v) is 3.13. The molecule has 1 rings (SSSR count). The molecule has 3 nitrogen and oxygen atoms in total. The van der Waals surface area contributed by atoms with E-state index in [4.69, 9.17) is 0 Å². The lowest BCUT2D eigenvalue weighted by Crippen LogP contribution is -2.48. The van der Waals surface area contributed by atoms with Gasteiger partial charge in [0.2, 0.25) is 0 Å². The minimum absolute atomic E-state index is 0.402. The second-order valence-corrected chi connectivity index (χ2v) is 7.42. The van der Waals surface area contributed by atoms with Crippen molar-refractivity contribution in [3.63, 3.8) is 0 Å². The molecule has 110 valence electrons. The molecule has 0 aromatic carbocycles. The predicted molar refractivity (Wildman–Crippen MR) is 80.9 cm³/mol. The summed E-state index contributed by atoms with van der Waals surface area (Å²) in [6.45, 7) is 13.7. The minimum atomic E-state index is -0.402. The first-order valence-corrected chi connectivity index (χ1v) is 7.56. The first-order valence-electron chi connectivity index (χ1n) is 7.56. The zero-order valence-electron chi connectivity index (χ0n) is 13.6. The Bertz CT molecular complexity index is 318. The van der Waals surface area contributed by atoms with E-state index in [9.17, 15) is 5.26 Å². The van der Waals surface area contributed by atoms with Gasteiger partial charge in [0.25, 0.3) is 0 Å². The van der Waals surface area contributed by atoms with Crippen molar-refractivity contribution in [2.75, 3.05) is 20.1 Å². The molecule has 2 atom stereocenters. The van der Waals surface area contributed by atoms with E-state index in [1.165, 1.54) is 25.9 Å². The third-order valence-electron chi connectivity index (χ3n) is 4.88. The summed E-state index contributed by atoms with van der Waals surface area (Å²) in [5.74, 6) is 0.836. The molecule has 2 unspecified atom stereocenters. The molecule has 3 heteroatoms. The molecular weight excluding hydrogens is 234 g/mol. The maximum Gasteiger partial charge on any atom is 0.105 e. The quantitative estimate of drug-likeness (QED) is 0.849. The van der Waals surface area contributed by atoms with Gasteiger partial charge in [0.15, 0.2) is 0 Å². The molecule has 0 saturated carbocycles. The van der Waals surface area contributed by atoms with Gasteiger partial charge in [-0.05, 0) is 64.6 Å². The van der Waals surface area contributed by atoms with E-state index in [-0.39, 0.29) is 0 Å². The van der Waals surface area contributed by atoms with Crippen LogP contribution in [0.4, 0.5) is 0 Å². The monoisotopic (exact) mass is 265 g/mol. The molecule has 1 aliphatic heterocycles. The average Bonchev–Trinajstić information content (AvgIpc) is 2.37. The molecule has 0 aromatic heterocycles. The molecule has 0 spiro atoms. The van der Waals surface area contributed by atoms with Crippen LogP contribution in [0, 0.1) is 22.7 Å². The van der Waals surface area contributed by atoms with Crippen LogP contribution in [0.2, 0.25) is 0 Å². The highest BCUT2D eigenvalue weighted by molar-refractivity contribution is 5.04. The number of hydrogen-bond acceptors (Lipinski definition) is 3. The van der Waals surface area contributed by atoms with Gasteiger partial charge in [-0.1, -0.05) is 20.8 Å². The van der Waals surface area contributed by atoms with Gasteiger partial charge >= 0.3 is 0 Å². The summed E-state index contributed by atoms with van der Waals surface area (Å²) in [6.07, 6.45) is 3.47. The van der Waals surface area contributed by atoms with Crippen LogP contribution in [-0.2, 0) is 0 Å². The third kappa shape index (κ3) is 4.47. The summed E-state index contributed by atoms with van der Waals surface area (Å²) in [7, 11) is 1.88. The highest BCUT2D eigenvalue weighted by atomic mass is 15.2. The van der Waals surface area contributed by atoms with Crippen LogP contribution < -0.4 is 5.32 Å². The van der Waals surface area contributed by atoms with Gasteiger partial charge in [-0.25, -0.2) is 0 Å². The number of hydrogen-bond donors (Lipinski definition) is 1. The highest BCUT2D eigenvalue weighted by Gasteiger charge is 2.32. The second-order valence-electron chi connectivity index (χ2n) is 7.42. The number of nitriles is 1. The molecule has 1 saturated heterocycles. The fraction of sp³-hybridized carbons (Fsp3) is 0.938. The third-order valence-corrected chi connectivity index (χ3v) is 4.88. The first-order chi connectivity index (χ1) is 8.72. The van der Waals surface area contributed by atoms with Gasteiger partial charge in [0.05, 0.1) is 6.07 Å². The first kappa shape index (κ1) is 16.5. The van der Waals surface area contributed by atoms with Gasteiger partial charge in [-0.3, -0.25) is 0 Å².